The number of ether oxygens (including phenoxy) is 1. The molecular formula is C20H21ClN2O3. The first-order valence-corrected chi connectivity index (χ1v) is 9.06. The van der Waals surface area contributed by atoms with Crippen LogP contribution in [0.2, 0.25) is 5.02 Å². The molecule has 0 aromatic heterocycles. The standard InChI is InChI=1S/C20H21ClN2O3/c1-2-14-12-15(9-10-16(14)21)26-13-19(24)22-17-6-3-4-7-18(17)23-11-5-8-20(23)25/h3-4,6-7,9-10,12H,2,5,8,11,13H2,1H3,(H,22,24). The molecular weight excluding hydrogens is 352 g/mol. The summed E-state index contributed by atoms with van der Waals surface area (Å²) in [5.41, 5.74) is 2.31. The molecule has 1 aliphatic heterocycles. The van der Waals surface area contributed by atoms with Gasteiger partial charge < -0.3 is 15.0 Å². The number of halogens is 1. The fraction of sp³-hybridized carbons (Fsp3) is 0.300. The van der Waals surface area contributed by atoms with Crippen LogP contribution in [0, 0.1) is 0 Å². The Hall–Kier alpha value is -2.53. The number of amides is 2. The molecule has 2 aromatic rings. The van der Waals surface area contributed by atoms with Gasteiger partial charge in [0.05, 0.1) is 11.4 Å². The van der Waals surface area contributed by atoms with Gasteiger partial charge in [0.25, 0.3) is 5.91 Å². The van der Waals surface area contributed by atoms with Crippen LogP contribution in [0.15, 0.2) is 42.5 Å². The first kappa shape index (κ1) is 18.3. The molecule has 0 saturated carbocycles. The fourth-order valence-corrected chi connectivity index (χ4v) is 3.22. The molecule has 0 bridgehead atoms. The third-order valence-corrected chi connectivity index (χ3v) is 4.68. The van der Waals surface area contributed by atoms with Crippen LogP contribution in [-0.4, -0.2) is 25.0 Å². The Morgan fingerprint density at radius 1 is 1.27 bits per heavy atom. The Balaban J connectivity index is 1.65. The van der Waals surface area contributed by atoms with Crippen molar-refractivity contribution in [3.05, 3.63) is 53.1 Å². The van der Waals surface area contributed by atoms with Crippen molar-refractivity contribution in [3.63, 3.8) is 0 Å². The number of carbonyl (C=O) groups excluding carboxylic acids is 2. The third-order valence-electron chi connectivity index (χ3n) is 4.31. The zero-order chi connectivity index (χ0) is 18.5. The van der Waals surface area contributed by atoms with E-state index in [0.29, 0.717) is 29.4 Å². The number of nitrogens with zero attached hydrogens (tertiary/aromatic N) is 1. The second-order valence-corrected chi connectivity index (χ2v) is 6.52. The summed E-state index contributed by atoms with van der Waals surface area (Å²) in [6.45, 7) is 2.56. The second-order valence-electron chi connectivity index (χ2n) is 6.11. The molecule has 2 amide bonds. The lowest BCUT2D eigenvalue weighted by Gasteiger charge is -2.20. The molecule has 0 spiro atoms. The van der Waals surface area contributed by atoms with Crippen LogP contribution >= 0.6 is 11.6 Å². The van der Waals surface area contributed by atoms with E-state index < -0.39 is 0 Å². The number of aryl methyl sites for hydroxylation is 1. The number of para-hydroxylation sites is 2. The van der Waals surface area contributed by atoms with E-state index in [1.165, 1.54) is 0 Å². The van der Waals surface area contributed by atoms with E-state index >= 15 is 0 Å². The molecule has 3 rings (SSSR count). The van der Waals surface area contributed by atoms with E-state index in [0.717, 1.165) is 24.1 Å². The molecule has 2 aromatic carbocycles. The Labute approximate surface area is 157 Å². The Bertz CT molecular complexity index is 822. The van der Waals surface area contributed by atoms with E-state index in [9.17, 15) is 9.59 Å². The van der Waals surface area contributed by atoms with Crippen LogP contribution in [0.3, 0.4) is 0 Å². The summed E-state index contributed by atoms with van der Waals surface area (Å²) in [7, 11) is 0. The van der Waals surface area contributed by atoms with Crippen LogP contribution in [0.1, 0.15) is 25.3 Å². The van der Waals surface area contributed by atoms with Gasteiger partial charge in [-0.1, -0.05) is 30.7 Å². The highest BCUT2D eigenvalue weighted by Crippen LogP contribution is 2.29. The predicted molar refractivity (Wildman–Crippen MR) is 103 cm³/mol. The van der Waals surface area contributed by atoms with Crippen LogP contribution in [0.25, 0.3) is 0 Å². The zero-order valence-corrected chi connectivity index (χ0v) is 15.4. The van der Waals surface area contributed by atoms with Crippen molar-refractivity contribution in [2.75, 3.05) is 23.4 Å². The molecule has 0 atom stereocenters. The highest BCUT2D eigenvalue weighted by atomic mass is 35.5. The van der Waals surface area contributed by atoms with Gasteiger partial charge in [0.15, 0.2) is 6.61 Å². The lowest BCUT2D eigenvalue weighted by Crippen LogP contribution is -2.26. The molecule has 1 heterocycles. The van der Waals surface area contributed by atoms with Gasteiger partial charge in [-0.05, 0) is 48.7 Å². The van der Waals surface area contributed by atoms with Gasteiger partial charge in [0, 0.05) is 18.0 Å². The normalized spacial score (nSPS) is 13.8. The first-order valence-electron chi connectivity index (χ1n) is 8.69. The van der Waals surface area contributed by atoms with Gasteiger partial charge in [-0.3, -0.25) is 9.59 Å². The van der Waals surface area contributed by atoms with Gasteiger partial charge in [-0.2, -0.15) is 0 Å². The van der Waals surface area contributed by atoms with E-state index in [1.807, 2.05) is 31.2 Å². The summed E-state index contributed by atoms with van der Waals surface area (Å²) in [5.74, 6) is 0.401. The maximum Gasteiger partial charge on any atom is 0.262 e. The van der Waals surface area contributed by atoms with E-state index in [2.05, 4.69) is 5.32 Å². The van der Waals surface area contributed by atoms with E-state index in [1.54, 1.807) is 23.1 Å². The molecule has 0 aliphatic carbocycles. The topological polar surface area (TPSA) is 58.6 Å². The average molecular weight is 373 g/mol. The van der Waals surface area contributed by atoms with Crippen molar-refractivity contribution < 1.29 is 14.3 Å². The summed E-state index contributed by atoms with van der Waals surface area (Å²) >= 11 is 6.09. The second kappa shape index (κ2) is 8.23. The number of nitrogens with one attached hydrogen (secondary N) is 1. The number of benzene rings is 2. The summed E-state index contributed by atoms with van der Waals surface area (Å²) < 4.78 is 5.57. The Morgan fingerprint density at radius 2 is 2.08 bits per heavy atom. The molecule has 1 N–H and O–H groups in total. The van der Waals surface area contributed by atoms with Gasteiger partial charge in [0.1, 0.15) is 5.75 Å². The SMILES string of the molecule is CCc1cc(OCC(=O)Nc2ccccc2N2CCCC2=O)ccc1Cl. The molecule has 1 aliphatic rings. The van der Waals surface area contributed by atoms with E-state index in [-0.39, 0.29) is 18.4 Å². The molecule has 6 heteroatoms. The lowest BCUT2D eigenvalue weighted by atomic mass is 10.1. The van der Waals surface area contributed by atoms with Gasteiger partial charge in [-0.25, -0.2) is 0 Å². The van der Waals surface area contributed by atoms with Crippen LogP contribution in [0.4, 0.5) is 11.4 Å². The maximum atomic E-state index is 12.3. The number of hydrogen-bond acceptors (Lipinski definition) is 3. The van der Waals surface area contributed by atoms with Crippen LogP contribution in [-0.2, 0) is 16.0 Å². The first-order chi connectivity index (χ1) is 12.6. The number of carbonyl (C=O) groups is 2. The molecule has 5 nitrogen and oxygen atoms in total. The van der Waals surface area contributed by atoms with Gasteiger partial charge in [-0.15, -0.1) is 0 Å². The monoisotopic (exact) mass is 372 g/mol. The van der Waals surface area contributed by atoms with Gasteiger partial charge >= 0.3 is 0 Å². The molecule has 136 valence electrons. The number of hydrogen-bond donors (Lipinski definition) is 1. The molecule has 26 heavy (non-hydrogen) atoms. The smallest absolute Gasteiger partial charge is 0.262 e. The van der Waals surface area contributed by atoms with Crippen molar-refractivity contribution in [2.45, 2.75) is 26.2 Å². The molecule has 1 fully saturated rings. The summed E-state index contributed by atoms with van der Waals surface area (Å²) in [6.07, 6.45) is 2.17. The summed E-state index contributed by atoms with van der Waals surface area (Å²) in [6, 6.07) is 12.7. The summed E-state index contributed by atoms with van der Waals surface area (Å²) in [4.78, 5) is 26.0. The van der Waals surface area contributed by atoms with Crippen molar-refractivity contribution in [1.29, 1.82) is 0 Å². The minimum absolute atomic E-state index is 0.0798. The van der Waals surface area contributed by atoms with E-state index in [4.69, 9.17) is 16.3 Å². The lowest BCUT2D eigenvalue weighted by molar-refractivity contribution is -0.118. The molecule has 0 unspecified atom stereocenters. The fourth-order valence-electron chi connectivity index (χ4n) is 2.96. The van der Waals surface area contributed by atoms with Crippen LogP contribution < -0.4 is 15.0 Å². The molecule has 0 radical (unpaired) electrons. The Kier molecular flexibility index (Phi) is 5.78. The third kappa shape index (κ3) is 4.17. The maximum absolute atomic E-state index is 12.3. The van der Waals surface area contributed by atoms with Gasteiger partial charge in [0.2, 0.25) is 5.91 Å². The van der Waals surface area contributed by atoms with Crippen molar-refractivity contribution in [2.24, 2.45) is 0 Å². The zero-order valence-electron chi connectivity index (χ0n) is 14.6. The van der Waals surface area contributed by atoms with Crippen molar-refractivity contribution in [3.8, 4) is 5.75 Å². The van der Waals surface area contributed by atoms with Crippen molar-refractivity contribution >= 4 is 34.8 Å². The largest absolute Gasteiger partial charge is 0.484 e. The minimum atomic E-state index is -0.280. The predicted octanol–water partition coefficient (Wildman–Crippen LogP) is 4.05. The number of anilines is 2. The summed E-state index contributed by atoms with van der Waals surface area (Å²) in [5, 5.41) is 3.52. The quantitative estimate of drug-likeness (QED) is 0.832. The highest BCUT2D eigenvalue weighted by Gasteiger charge is 2.24. The van der Waals surface area contributed by atoms with Crippen LogP contribution in [0.5, 0.6) is 5.75 Å². The highest BCUT2D eigenvalue weighted by molar-refractivity contribution is 6.31. The minimum Gasteiger partial charge on any atom is -0.484 e. The molecule has 1 saturated heterocycles. The Morgan fingerprint density at radius 3 is 2.81 bits per heavy atom. The van der Waals surface area contributed by atoms with Crippen molar-refractivity contribution in [1.82, 2.24) is 0 Å². The number of rotatable bonds is 6. The average Bonchev–Trinajstić information content (AvgIpc) is 3.07.